The zero-order valence-electron chi connectivity index (χ0n) is 6.99. The van der Waals surface area contributed by atoms with Gasteiger partial charge in [0.1, 0.15) is 0 Å². The zero-order chi connectivity index (χ0) is 7.71. The van der Waals surface area contributed by atoms with Crippen molar-refractivity contribution >= 4 is 0 Å². The van der Waals surface area contributed by atoms with Gasteiger partial charge in [-0.05, 0) is 27.7 Å². The van der Waals surface area contributed by atoms with Crippen LogP contribution in [0.5, 0.6) is 0 Å². The van der Waals surface area contributed by atoms with E-state index in [0.717, 1.165) is 0 Å². The molecule has 0 amide bonds. The predicted molar refractivity (Wildman–Crippen MR) is 39.4 cm³/mol. The molecule has 0 saturated heterocycles. The molecule has 2 N–H and O–H groups in total. The van der Waals surface area contributed by atoms with Crippen molar-refractivity contribution in [3.8, 4) is 0 Å². The molecule has 0 aromatic heterocycles. The SMILES string of the molecule is COC(C)(C)C(C)(C)N. The third-order valence-corrected chi connectivity index (χ3v) is 2.06. The minimum Gasteiger partial charge on any atom is -0.377 e. The van der Waals surface area contributed by atoms with E-state index >= 15 is 0 Å². The van der Waals surface area contributed by atoms with E-state index < -0.39 is 0 Å². The smallest absolute Gasteiger partial charge is 0.0795 e. The van der Waals surface area contributed by atoms with Gasteiger partial charge in [0.2, 0.25) is 0 Å². The number of rotatable bonds is 2. The number of nitrogens with two attached hydrogens (primary N) is 1. The molecule has 2 heteroatoms. The average Bonchev–Trinajstić information content (AvgIpc) is 1.64. The highest BCUT2D eigenvalue weighted by molar-refractivity contribution is 4.91. The van der Waals surface area contributed by atoms with Gasteiger partial charge in [0.25, 0.3) is 0 Å². The molecule has 0 heterocycles. The van der Waals surface area contributed by atoms with Crippen LogP contribution < -0.4 is 5.73 Å². The zero-order valence-corrected chi connectivity index (χ0v) is 6.99. The van der Waals surface area contributed by atoms with Crippen LogP contribution in [0.2, 0.25) is 0 Å². The molecule has 0 aliphatic rings. The molecule has 0 spiro atoms. The van der Waals surface area contributed by atoms with Crippen LogP contribution >= 0.6 is 0 Å². The van der Waals surface area contributed by atoms with Gasteiger partial charge in [0.15, 0.2) is 0 Å². The van der Waals surface area contributed by atoms with Crippen LogP contribution in [0.1, 0.15) is 27.7 Å². The van der Waals surface area contributed by atoms with Gasteiger partial charge in [-0.15, -0.1) is 0 Å². The fraction of sp³-hybridized carbons (Fsp3) is 1.00. The van der Waals surface area contributed by atoms with Crippen molar-refractivity contribution in [2.24, 2.45) is 5.73 Å². The summed E-state index contributed by atoms with van der Waals surface area (Å²) in [5.41, 5.74) is 5.28. The number of hydrogen-bond donors (Lipinski definition) is 1. The maximum atomic E-state index is 5.80. The summed E-state index contributed by atoms with van der Waals surface area (Å²) in [6.07, 6.45) is 0. The maximum Gasteiger partial charge on any atom is 0.0795 e. The Hall–Kier alpha value is -0.0800. The predicted octanol–water partition coefficient (Wildman–Crippen LogP) is 1.15. The van der Waals surface area contributed by atoms with Crippen LogP contribution in [0.4, 0.5) is 0 Å². The topological polar surface area (TPSA) is 35.2 Å². The van der Waals surface area contributed by atoms with Gasteiger partial charge in [0.05, 0.1) is 5.60 Å². The maximum absolute atomic E-state index is 5.80. The summed E-state index contributed by atoms with van der Waals surface area (Å²) in [5, 5.41) is 0. The second kappa shape index (κ2) is 2.27. The van der Waals surface area contributed by atoms with Crippen molar-refractivity contribution in [1.82, 2.24) is 0 Å². The lowest BCUT2D eigenvalue weighted by molar-refractivity contribution is -0.0298. The number of hydrogen-bond acceptors (Lipinski definition) is 2. The van der Waals surface area contributed by atoms with Gasteiger partial charge < -0.3 is 10.5 Å². The Kier molecular flexibility index (Phi) is 2.25. The summed E-state index contributed by atoms with van der Waals surface area (Å²) in [5.74, 6) is 0. The fourth-order valence-corrected chi connectivity index (χ4v) is 0.263. The molecular weight excluding hydrogens is 114 g/mol. The molecule has 0 atom stereocenters. The third kappa shape index (κ3) is 1.95. The van der Waals surface area contributed by atoms with Gasteiger partial charge in [-0.1, -0.05) is 0 Å². The fourth-order valence-electron chi connectivity index (χ4n) is 0.263. The van der Waals surface area contributed by atoms with Crippen LogP contribution in [-0.2, 0) is 4.74 Å². The first-order valence-corrected chi connectivity index (χ1v) is 3.15. The first-order chi connectivity index (χ1) is 3.81. The summed E-state index contributed by atoms with van der Waals surface area (Å²) in [6, 6.07) is 0. The summed E-state index contributed by atoms with van der Waals surface area (Å²) in [7, 11) is 1.68. The Bertz CT molecular complexity index is 91.6. The van der Waals surface area contributed by atoms with Gasteiger partial charge >= 0.3 is 0 Å². The van der Waals surface area contributed by atoms with Gasteiger partial charge in [-0.2, -0.15) is 0 Å². The summed E-state index contributed by atoms with van der Waals surface area (Å²) in [6.45, 7) is 7.87. The van der Waals surface area contributed by atoms with Gasteiger partial charge in [0, 0.05) is 12.6 Å². The van der Waals surface area contributed by atoms with Crippen molar-refractivity contribution in [1.29, 1.82) is 0 Å². The summed E-state index contributed by atoms with van der Waals surface area (Å²) < 4.78 is 5.18. The molecule has 0 aromatic rings. The first kappa shape index (κ1) is 8.92. The molecule has 0 fully saturated rings. The lowest BCUT2D eigenvalue weighted by Gasteiger charge is -2.36. The molecule has 0 rings (SSSR count). The minimum atomic E-state index is -0.276. The van der Waals surface area contributed by atoms with Crippen LogP contribution in [0.25, 0.3) is 0 Å². The Morgan fingerprint density at radius 3 is 1.44 bits per heavy atom. The molecule has 2 nitrogen and oxygen atoms in total. The van der Waals surface area contributed by atoms with Gasteiger partial charge in [-0.25, -0.2) is 0 Å². The molecule has 0 aliphatic carbocycles. The molecule has 0 radical (unpaired) electrons. The van der Waals surface area contributed by atoms with Crippen molar-refractivity contribution < 1.29 is 4.74 Å². The summed E-state index contributed by atoms with van der Waals surface area (Å²) in [4.78, 5) is 0. The van der Waals surface area contributed by atoms with Crippen LogP contribution in [-0.4, -0.2) is 18.2 Å². The van der Waals surface area contributed by atoms with Crippen LogP contribution in [0.15, 0.2) is 0 Å². The molecule has 0 aliphatic heterocycles. The molecule has 56 valence electrons. The quantitative estimate of drug-likeness (QED) is 0.610. The summed E-state index contributed by atoms with van der Waals surface area (Å²) >= 11 is 0. The standard InChI is InChI=1S/C7H17NO/c1-6(2,8)7(3,4)9-5/h8H2,1-5H3. The van der Waals surface area contributed by atoms with E-state index in [1.54, 1.807) is 7.11 Å². The van der Waals surface area contributed by atoms with Crippen molar-refractivity contribution in [3.05, 3.63) is 0 Å². The third-order valence-electron chi connectivity index (χ3n) is 2.06. The lowest BCUT2D eigenvalue weighted by atomic mass is 9.87. The van der Waals surface area contributed by atoms with Crippen molar-refractivity contribution in [2.75, 3.05) is 7.11 Å². The second-order valence-electron chi connectivity index (χ2n) is 3.44. The molecule has 0 unspecified atom stereocenters. The highest BCUT2D eigenvalue weighted by Gasteiger charge is 2.32. The van der Waals surface area contributed by atoms with Crippen molar-refractivity contribution in [2.45, 2.75) is 38.8 Å². The van der Waals surface area contributed by atoms with Crippen LogP contribution in [0.3, 0.4) is 0 Å². The largest absolute Gasteiger partial charge is 0.377 e. The molecule has 0 aromatic carbocycles. The van der Waals surface area contributed by atoms with Crippen molar-refractivity contribution in [3.63, 3.8) is 0 Å². The molecule has 0 bridgehead atoms. The Morgan fingerprint density at radius 1 is 1.11 bits per heavy atom. The normalized spacial score (nSPS) is 14.0. The van der Waals surface area contributed by atoms with Crippen LogP contribution in [0, 0.1) is 0 Å². The highest BCUT2D eigenvalue weighted by atomic mass is 16.5. The van der Waals surface area contributed by atoms with E-state index in [4.69, 9.17) is 10.5 Å². The monoisotopic (exact) mass is 131 g/mol. The molecule has 9 heavy (non-hydrogen) atoms. The molecular formula is C7H17NO. The van der Waals surface area contributed by atoms with E-state index in [0.29, 0.717) is 0 Å². The van der Waals surface area contributed by atoms with E-state index in [9.17, 15) is 0 Å². The van der Waals surface area contributed by atoms with E-state index in [2.05, 4.69) is 0 Å². The average molecular weight is 131 g/mol. The van der Waals surface area contributed by atoms with E-state index in [1.165, 1.54) is 0 Å². The Labute approximate surface area is 57.4 Å². The number of ether oxygens (including phenoxy) is 1. The Morgan fingerprint density at radius 2 is 1.44 bits per heavy atom. The van der Waals surface area contributed by atoms with E-state index in [-0.39, 0.29) is 11.1 Å². The molecule has 0 saturated carbocycles. The second-order valence-corrected chi connectivity index (χ2v) is 3.44. The highest BCUT2D eigenvalue weighted by Crippen LogP contribution is 2.20. The Balaban J connectivity index is 4.14. The lowest BCUT2D eigenvalue weighted by Crippen LogP contribution is -2.53. The van der Waals surface area contributed by atoms with Gasteiger partial charge in [-0.3, -0.25) is 0 Å². The first-order valence-electron chi connectivity index (χ1n) is 3.15. The minimum absolute atomic E-state index is 0.243. The van der Waals surface area contributed by atoms with E-state index in [1.807, 2.05) is 27.7 Å². The number of methoxy groups -OCH3 is 1.